The van der Waals surface area contributed by atoms with Gasteiger partial charge in [0.2, 0.25) is 5.91 Å². The topological polar surface area (TPSA) is 65.3 Å². The van der Waals surface area contributed by atoms with Crippen LogP contribution in [0.2, 0.25) is 0 Å². The van der Waals surface area contributed by atoms with E-state index in [0.29, 0.717) is 32.7 Å². The molecule has 138 valence electrons. The molecule has 2 rings (SSSR count). The van der Waals surface area contributed by atoms with Crippen molar-refractivity contribution in [2.75, 3.05) is 13.2 Å². The van der Waals surface area contributed by atoms with Crippen LogP contribution in [0.5, 0.6) is 0 Å². The summed E-state index contributed by atoms with van der Waals surface area (Å²) in [6.45, 7) is 8.35. The third-order valence-electron chi connectivity index (χ3n) is 4.03. The van der Waals surface area contributed by atoms with Crippen LogP contribution in [0.15, 0.2) is 29.1 Å². The minimum Gasteiger partial charge on any atom is -0.379 e. The van der Waals surface area contributed by atoms with Gasteiger partial charge in [-0.3, -0.25) is 13.9 Å². The quantitative estimate of drug-likeness (QED) is 0.672. The zero-order valence-corrected chi connectivity index (χ0v) is 15.5. The summed E-state index contributed by atoms with van der Waals surface area (Å²) in [6, 6.07) is 7.75. The number of aromatic nitrogens is 2. The third-order valence-corrected chi connectivity index (χ3v) is 4.03. The van der Waals surface area contributed by atoms with Gasteiger partial charge in [0.15, 0.2) is 0 Å². The van der Waals surface area contributed by atoms with Gasteiger partial charge in [-0.05, 0) is 38.8 Å². The lowest BCUT2D eigenvalue weighted by atomic mass is 10.3. The van der Waals surface area contributed by atoms with Gasteiger partial charge in [-0.2, -0.15) is 0 Å². The standard InChI is InChI=1S/C19H29N3O3/c1-4-12-21-16-8-5-6-9-17(16)22(19(21)24)13-10-18(23)20-11-7-14-25-15(2)3/h5-6,8-9,15H,4,7,10-14H2,1-3H3,(H,20,23). The molecule has 0 aliphatic rings. The fourth-order valence-electron chi connectivity index (χ4n) is 2.85. The number of aryl methyl sites for hydroxylation is 2. The van der Waals surface area contributed by atoms with Crippen LogP contribution in [0.1, 0.15) is 40.0 Å². The first-order valence-electron chi connectivity index (χ1n) is 9.11. The van der Waals surface area contributed by atoms with Crippen molar-refractivity contribution in [2.45, 2.75) is 59.2 Å². The molecule has 0 aliphatic carbocycles. The maximum absolute atomic E-state index is 12.6. The monoisotopic (exact) mass is 347 g/mol. The molecule has 0 fully saturated rings. The Morgan fingerprint density at radius 2 is 1.80 bits per heavy atom. The molecule has 1 aromatic heterocycles. The Morgan fingerprint density at radius 1 is 1.16 bits per heavy atom. The van der Waals surface area contributed by atoms with Crippen molar-refractivity contribution in [3.05, 3.63) is 34.7 Å². The minimum atomic E-state index is -0.0406. The van der Waals surface area contributed by atoms with Gasteiger partial charge in [0.25, 0.3) is 0 Å². The molecular weight excluding hydrogens is 318 g/mol. The van der Waals surface area contributed by atoms with Crippen LogP contribution >= 0.6 is 0 Å². The number of hydrogen-bond donors (Lipinski definition) is 1. The smallest absolute Gasteiger partial charge is 0.329 e. The average Bonchev–Trinajstić information content (AvgIpc) is 2.85. The molecule has 0 aliphatic heterocycles. The summed E-state index contributed by atoms with van der Waals surface area (Å²) in [5, 5.41) is 2.89. The molecule has 25 heavy (non-hydrogen) atoms. The molecule has 1 N–H and O–H groups in total. The second kappa shape index (κ2) is 9.42. The number of para-hydroxylation sites is 2. The Bertz CT molecular complexity index is 746. The number of nitrogens with zero attached hydrogens (tertiary/aromatic N) is 2. The van der Waals surface area contributed by atoms with Gasteiger partial charge >= 0.3 is 5.69 Å². The lowest BCUT2D eigenvalue weighted by Gasteiger charge is -2.08. The van der Waals surface area contributed by atoms with Gasteiger partial charge in [-0.25, -0.2) is 4.79 Å². The number of imidazole rings is 1. The number of nitrogens with one attached hydrogen (secondary N) is 1. The first-order chi connectivity index (χ1) is 12.0. The molecule has 0 saturated heterocycles. The highest BCUT2D eigenvalue weighted by Crippen LogP contribution is 2.13. The largest absolute Gasteiger partial charge is 0.379 e. The molecule has 0 spiro atoms. The van der Waals surface area contributed by atoms with Crippen molar-refractivity contribution < 1.29 is 9.53 Å². The Kier molecular flexibility index (Phi) is 7.25. The van der Waals surface area contributed by atoms with E-state index in [1.807, 2.05) is 38.1 Å². The van der Waals surface area contributed by atoms with E-state index in [9.17, 15) is 9.59 Å². The Hall–Kier alpha value is -2.08. The molecule has 0 radical (unpaired) electrons. The van der Waals surface area contributed by atoms with Crippen LogP contribution in [-0.2, 0) is 22.6 Å². The normalized spacial score (nSPS) is 11.4. The number of carbonyl (C=O) groups excluding carboxylic acids is 1. The van der Waals surface area contributed by atoms with Gasteiger partial charge in [-0.1, -0.05) is 19.1 Å². The summed E-state index contributed by atoms with van der Waals surface area (Å²) in [5.41, 5.74) is 1.78. The van der Waals surface area contributed by atoms with Crippen molar-refractivity contribution in [1.82, 2.24) is 14.5 Å². The maximum Gasteiger partial charge on any atom is 0.329 e. The van der Waals surface area contributed by atoms with Gasteiger partial charge in [-0.15, -0.1) is 0 Å². The van der Waals surface area contributed by atoms with Crippen LogP contribution in [0.25, 0.3) is 11.0 Å². The molecular formula is C19H29N3O3. The number of ether oxygens (including phenoxy) is 1. The number of carbonyl (C=O) groups is 1. The van der Waals surface area contributed by atoms with E-state index < -0.39 is 0 Å². The third kappa shape index (κ3) is 5.19. The number of rotatable bonds is 10. The molecule has 0 saturated carbocycles. The van der Waals surface area contributed by atoms with Crippen molar-refractivity contribution in [3.63, 3.8) is 0 Å². The van der Waals surface area contributed by atoms with E-state index in [2.05, 4.69) is 12.2 Å². The Balaban J connectivity index is 1.93. The van der Waals surface area contributed by atoms with E-state index >= 15 is 0 Å². The van der Waals surface area contributed by atoms with Gasteiger partial charge in [0.1, 0.15) is 0 Å². The SMILES string of the molecule is CCCn1c(=O)n(CCC(=O)NCCCOC(C)C)c2ccccc21. The van der Waals surface area contributed by atoms with Gasteiger partial charge < -0.3 is 10.1 Å². The van der Waals surface area contributed by atoms with E-state index in [4.69, 9.17) is 4.74 Å². The lowest BCUT2D eigenvalue weighted by molar-refractivity contribution is -0.121. The highest BCUT2D eigenvalue weighted by molar-refractivity contribution is 5.77. The van der Waals surface area contributed by atoms with Gasteiger partial charge in [0.05, 0.1) is 17.1 Å². The summed E-state index contributed by atoms with van der Waals surface area (Å²) in [4.78, 5) is 24.7. The molecule has 2 aromatic rings. The van der Waals surface area contributed by atoms with Gasteiger partial charge in [0, 0.05) is 32.7 Å². The maximum atomic E-state index is 12.6. The van der Waals surface area contributed by atoms with Crippen LogP contribution in [0.4, 0.5) is 0 Å². The van der Waals surface area contributed by atoms with Crippen molar-refractivity contribution in [3.8, 4) is 0 Å². The molecule has 6 nitrogen and oxygen atoms in total. The highest BCUT2D eigenvalue weighted by atomic mass is 16.5. The number of hydrogen-bond acceptors (Lipinski definition) is 3. The molecule has 1 amide bonds. The number of fused-ring (bicyclic) bond motifs is 1. The fraction of sp³-hybridized carbons (Fsp3) is 0.579. The molecule has 1 aromatic carbocycles. The Morgan fingerprint density at radius 3 is 2.40 bits per heavy atom. The van der Waals surface area contributed by atoms with E-state index in [1.54, 1.807) is 9.13 Å². The Labute approximate surface area is 148 Å². The number of amides is 1. The van der Waals surface area contributed by atoms with Crippen molar-refractivity contribution in [1.29, 1.82) is 0 Å². The molecule has 0 unspecified atom stereocenters. The summed E-state index contributed by atoms with van der Waals surface area (Å²) >= 11 is 0. The number of benzene rings is 1. The first-order valence-corrected chi connectivity index (χ1v) is 9.11. The average molecular weight is 347 g/mol. The zero-order chi connectivity index (χ0) is 18.2. The predicted molar refractivity (Wildman–Crippen MR) is 99.8 cm³/mol. The molecule has 0 bridgehead atoms. The first kappa shape index (κ1) is 19.2. The fourth-order valence-corrected chi connectivity index (χ4v) is 2.85. The van der Waals surface area contributed by atoms with Crippen molar-refractivity contribution in [2.24, 2.45) is 0 Å². The summed E-state index contributed by atoms with van der Waals surface area (Å²) in [6.07, 6.45) is 2.19. The zero-order valence-electron chi connectivity index (χ0n) is 15.5. The summed E-state index contributed by atoms with van der Waals surface area (Å²) in [5.74, 6) is -0.0382. The summed E-state index contributed by atoms with van der Waals surface area (Å²) < 4.78 is 8.93. The predicted octanol–water partition coefficient (Wildman–Crippen LogP) is 2.53. The highest BCUT2D eigenvalue weighted by Gasteiger charge is 2.13. The van der Waals surface area contributed by atoms with E-state index in [1.165, 1.54) is 0 Å². The second-order valence-electron chi connectivity index (χ2n) is 6.45. The van der Waals surface area contributed by atoms with Crippen LogP contribution in [0.3, 0.4) is 0 Å². The molecule has 0 atom stereocenters. The van der Waals surface area contributed by atoms with E-state index in [-0.39, 0.29) is 17.7 Å². The van der Waals surface area contributed by atoms with Crippen LogP contribution < -0.4 is 11.0 Å². The van der Waals surface area contributed by atoms with E-state index in [0.717, 1.165) is 23.9 Å². The van der Waals surface area contributed by atoms with Crippen molar-refractivity contribution >= 4 is 16.9 Å². The molecule has 1 heterocycles. The lowest BCUT2D eigenvalue weighted by Crippen LogP contribution is -2.29. The second-order valence-corrected chi connectivity index (χ2v) is 6.45. The van der Waals surface area contributed by atoms with Crippen LogP contribution in [-0.4, -0.2) is 34.3 Å². The van der Waals surface area contributed by atoms with Crippen LogP contribution in [0, 0.1) is 0 Å². The summed E-state index contributed by atoms with van der Waals surface area (Å²) in [7, 11) is 0. The molecule has 6 heteroatoms. The minimum absolute atomic E-state index is 0.0382.